The van der Waals surface area contributed by atoms with Gasteiger partial charge in [0, 0.05) is 42.0 Å². The SMILES string of the molecule is COc1ccc2c(-c3ccc(C)c(C)c3)nnc(NC3CCN(Cc4ccc5ccccc5c4)CC3)c2c1. The van der Waals surface area contributed by atoms with Gasteiger partial charge in [-0.2, -0.15) is 0 Å². The highest BCUT2D eigenvalue weighted by atomic mass is 16.5. The van der Waals surface area contributed by atoms with E-state index in [0.717, 1.165) is 66.1 Å². The average Bonchev–Trinajstić information content (AvgIpc) is 2.95. The zero-order chi connectivity index (χ0) is 26.1. The van der Waals surface area contributed by atoms with E-state index in [1.807, 2.05) is 6.07 Å². The van der Waals surface area contributed by atoms with Crippen molar-refractivity contribution >= 4 is 27.4 Å². The molecule has 2 heterocycles. The van der Waals surface area contributed by atoms with E-state index in [1.54, 1.807) is 7.11 Å². The predicted octanol–water partition coefficient (Wildman–Crippen LogP) is 7.15. The normalized spacial score (nSPS) is 14.7. The lowest BCUT2D eigenvalue weighted by Crippen LogP contribution is -2.38. The Balaban J connectivity index is 1.19. The summed E-state index contributed by atoms with van der Waals surface area (Å²) in [6.45, 7) is 7.37. The van der Waals surface area contributed by atoms with Crippen LogP contribution >= 0.6 is 0 Å². The number of aryl methyl sites for hydroxylation is 2. The summed E-state index contributed by atoms with van der Waals surface area (Å²) in [5.74, 6) is 1.66. The van der Waals surface area contributed by atoms with Crippen LogP contribution in [0.4, 0.5) is 5.82 Å². The first-order chi connectivity index (χ1) is 18.6. The number of nitrogens with one attached hydrogen (secondary N) is 1. The molecule has 1 aliphatic rings. The highest BCUT2D eigenvalue weighted by molar-refractivity contribution is 6.01. The number of methoxy groups -OCH3 is 1. The molecule has 0 radical (unpaired) electrons. The molecule has 1 fully saturated rings. The molecule has 0 unspecified atom stereocenters. The molecular formula is C33H34N4O. The van der Waals surface area contributed by atoms with Crippen LogP contribution in [0.5, 0.6) is 5.75 Å². The second-order valence-electron chi connectivity index (χ2n) is 10.5. The van der Waals surface area contributed by atoms with Crippen molar-refractivity contribution in [2.75, 3.05) is 25.5 Å². The average molecular weight is 503 g/mol. The molecule has 1 aromatic heterocycles. The van der Waals surface area contributed by atoms with E-state index in [0.29, 0.717) is 6.04 Å². The Kier molecular flexibility index (Phi) is 6.69. The Morgan fingerprint density at radius 1 is 0.816 bits per heavy atom. The standard InChI is InChI=1S/C33H34N4O/c1-22-8-10-27(18-23(22)2)32-30-13-12-29(38-3)20-31(30)33(36-35-32)34-28-14-16-37(17-15-28)21-24-9-11-25-6-4-5-7-26(25)19-24/h4-13,18-20,28H,14-17,21H2,1-3H3,(H,34,36). The molecule has 0 amide bonds. The van der Waals surface area contributed by atoms with Crippen molar-refractivity contribution in [1.82, 2.24) is 15.1 Å². The van der Waals surface area contributed by atoms with Gasteiger partial charge in [0.05, 0.1) is 7.11 Å². The van der Waals surface area contributed by atoms with Crippen molar-refractivity contribution in [3.05, 3.63) is 95.6 Å². The summed E-state index contributed by atoms with van der Waals surface area (Å²) >= 11 is 0. The zero-order valence-corrected chi connectivity index (χ0v) is 22.4. The van der Waals surface area contributed by atoms with E-state index in [9.17, 15) is 0 Å². The number of piperidine rings is 1. The maximum atomic E-state index is 5.56. The second-order valence-corrected chi connectivity index (χ2v) is 10.5. The van der Waals surface area contributed by atoms with Crippen molar-refractivity contribution in [1.29, 1.82) is 0 Å². The summed E-state index contributed by atoms with van der Waals surface area (Å²) in [7, 11) is 1.71. The van der Waals surface area contributed by atoms with Gasteiger partial charge in [-0.15, -0.1) is 10.2 Å². The Morgan fingerprint density at radius 3 is 2.42 bits per heavy atom. The number of anilines is 1. The number of rotatable bonds is 6. The third-order valence-corrected chi connectivity index (χ3v) is 7.92. The Bertz CT molecular complexity index is 1600. The minimum atomic E-state index is 0.360. The highest BCUT2D eigenvalue weighted by Gasteiger charge is 2.21. The number of benzene rings is 4. The van der Waals surface area contributed by atoms with Crippen molar-refractivity contribution in [3.8, 4) is 17.0 Å². The number of nitrogens with zero attached hydrogens (tertiary/aromatic N) is 3. The molecule has 0 bridgehead atoms. The van der Waals surface area contributed by atoms with Crippen molar-refractivity contribution in [3.63, 3.8) is 0 Å². The van der Waals surface area contributed by atoms with E-state index >= 15 is 0 Å². The lowest BCUT2D eigenvalue weighted by atomic mass is 10.00. The van der Waals surface area contributed by atoms with Crippen molar-refractivity contribution in [2.24, 2.45) is 0 Å². The maximum Gasteiger partial charge on any atom is 0.156 e. The van der Waals surface area contributed by atoms with Gasteiger partial charge in [0.25, 0.3) is 0 Å². The molecule has 1 N–H and O–H groups in total. The highest BCUT2D eigenvalue weighted by Crippen LogP contribution is 2.34. The maximum absolute atomic E-state index is 5.56. The van der Waals surface area contributed by atoms with Gasteiger partial charge in [-0.1, -0.05) is 48.5 Å². The van der Waals surface area contributed by atoms with Crippen LogP contribution in [0.3, 0.4) is 0 Å². The summed E-state index contributed by atoms with van der Waals surface area (Å²) < 4.78 is 5.56. The van der Waals surface area contributed by atoms with Gasteiger partial charge in [-0.3, -0.25) is 4.90 Å². The third kappa shape index (κ3) is 4.94. The fraction of sp³-hybridized carbons (Fsp3) is 0.273. The number of hydrogen-bond acceptors (Lipinski definition) is 5. The van der Waals surface area contributed by atoms with Crippen molar-refractivity contribution < 1.29 is 4.74 Å². The van der Waals surface area contributed by atoms with Crippen LogP contribution in [0, 0.1) is 13.8 Å². The van der Waals surface area contributed by atoms with Gasteiger partial charge in [0.1, 0.15) is 11.4 Å². The number of likely N-dealkylation sites (tertiary alicyclic amines) is 1. The second kappa shape index (κ2) is 10.4. The monoisotopic (exact) mass is 502 g/mol. The molecule has 1 aliphatic heterocycles. The fourth-order valence-corrected chi connectivity index (χ4v) is 5.49. The minimum absolute atomic E-state index is 0.360. The predicted molar refractivity (Wildman–Crippen MR) is 157 cm³/mol. The van der Waals surface area contributed by atoms with Gasteiger partial charge in [-0.25, -0.2) is 0 Å². The first-order valence-electron chi connectivity index (χ1n) is 13.5. The number of ether oxygens (including phenoxy) is 1. The zero-order valence-electron chi connectivity index (χ0n) is 22.4. The van der Waals surface area contributed by atoms with E-state index in [2.05, 4.69) is 96.9 Å². The van der Waals surface area contributed by atoms with Crippen molar-refractivity contribution in [2.45, 2.75) is 39.3 Å². The van der Waals surface area contributed by atoms with Gasteiger partial charge >= 0.3 is 0 Å². The van der Waals surface area contributed by atoms with Crippen LogP contribution in [0.25, 0.3) is 32.8 Å². The topological polar surface area (TPSA) is 50.3 Å². The summed E-state index contributed by atoms with van der Waals surface area (Å²) in [6.07, 6.45) is 2.14. The Hall–Kier alpha value is -3.96. The quantitative estimate of drug-likeness (QED) is 0.267. The minimum Gasteiger partial charge on any atom is -0.497 e. The number of fused-ring (bicyclic) bond motifs is 2. The molecule has 5 heteroatoms. The van der Waals surface area contributed by atoms with Gasteiger partial charge in [-0.05, 0) is 84.5 Å². The first-order valence-corrected chi connectivity index (χ1v) is 13.5. The molecule has 5 aromatic rings. The van der Waals surface area contributed by atoms with E-state index in [-0.39, 0.29) is 0 Å². The fourth-order valence-electron chi connectivity index (χ4n) is 5.49. The molecule has 192 valence electrons. The van der Waals surface area contributed by atoms with Crippen LogP contribution in [-0.2, 0) is 6.54 Å². The Labute approximate surface area is 224 Å². The summed E-state index contributed by atoms with van der Waals surface area (Å²) in [5.41, 5.74) is 5.90. The third-order valence-electron chi connectivity index (χ3n) is 7.92. The van der Waals surface area contributed by atoms with E-state index in [1.165, 1.54) is 27.5 Å². The first kappa shape index (κ1) is 24.4. The number of hydrogen-bond donors (Lipinski definition) is 1. The molecule has 0 aliphatic carbocycles. The molecule has 1 saturated heterocycles. The van der Waals surface area contributed by atoms with E-state index in [4.69, 9.17) is 14.9 Å². The summed E-state index contributed by atoms with van der Waals surface area (Å²) in [6, 6.07) is 28.4. The molecular weight excluding hydrogens is 468 g/mol. The van der Waals surface area contributed by atoms with Crippen LogP contribution < -0.4 is 10.1 Å². The van der Waals surface area contributed by atoms with Crippen LogP contribution in [0.1, 0.15) is 29.5 Å². The molecule has 4 aromatic carbocycles. The largest absolute Gasteiger partial charge is 0.497 e. The summed E-state index contributed by atoms with van der Waals surface area (Å²) in [4.78, 5) is 2.55. The van der Waals surface area contributed by atoms with Crippen LogP contribution in [0.15, 0.2) is 78.9 Å². The van der Waals surface area contributed by atoms with E-state index < -0.39 is 0 Å². The molecule has 0 atom stereocenters. The lowest BCUT2D eigenvalue weighted by molar-refractivity contribution is 0.211. The van der Waals surface area contributed by atoms with Crippen LogP contribution in [-0.4, -0.2) is 41.3 Å². The molecule has 5 nitrogen and oxygen atoms in total. The Morgan fingerprint density at radius 2 is 1.63 bits per heavy atom. The molecule has 6 rings (SSSR count). The molecule has 0 saturated carbocycles. The number of aromatic nitrogens is 2. The molecule has 38 heavy (non-hydrogen) atoms. The van der Waals surface area contributed by atoms with Gasteiger partial charge in [0.15, 0.2) is 5.82 Å². The van der Waals surface area contributed by atoms with Gasteiger partial charge < -0.3 is 10.1 Å². The van der Waals surface area contributed by atoms with Gasteiger partial charge in [0.2, 0.25) is 0 Å². The molecule has 0 spiro atoms. The summed E-state index contributed by atoms with van der Waals surface area (Å²) in [5, 5.41) is 17.9. The lowest BCUT2D eigenvalue weighted by Gasteiger charge is -2.32. The smallest absolute Gasteiger partial charge is 0.156 e. The van der Waals surface area contributed by atoms with Crippen LogP contribution in [0.2, 0.25) is 0 Å².